The molecule has 0 aliphatic rings. The molecule has 0 unspecified atom stereocenters. The number of amides is 1. The van der Waals surface area contributed by atoms with Gasteiger partial charge in [0, 0.05) is 24.3 Å². The van der Waals surface area contributed by atoms with E-state index in [9.17, 15) is 4.79 Å². The molecule has 2 aromatic heterocycles. The van der Waals surface area contributed by atoms with Crippen LogP contribution < -0.4 is 5.32 Å². The van der Waals surface area contributed by atoms with Gasteiger partial charge in [-0.1, -0.05) is 26.0 Å². The first-order valence-electron chi connectivity index (χ1n) is 7.51. The van der Waals surface area contributed by atoms with Gasteiger partial charge in [-0.2, -0.15) is 5.10 Å². The van der Waals surface area contributed by atoms with E-state index in [0.29, 0.717) is 17.3 Å². The number of benzene rings is 1. The number of hydrogen-bond acceptors (Lipinski definition) is 3. The van der Waals surface area contributed by atoms with E-state index >= 15 is 0 Å². The highest BCUT2D eigenvalue weighted by Crippen LogP contribution is 2.19. The standard InChI is InChI=1S/C18H18N4O/c1-13(2)14-5-3-6-16(11-14)21-18(23)15-7-8-17(19-12-15)22-10-4-9-20-22/h3-13H,1-2H3,(H,21,23). The molecule has 0 radical (unpaired) electrons. The van der Waals surface area contributed by atoms with Gasteiger partial charge in [-0.15, -0.1) is 0 Å². The Kier molecular flexibility index (Phi) is 4.19. The molecule has 1 N–H and O–H groups in total. The Morgan fingerprint density at radius 3 is 2.70 bits per heavy atom. The smallest absolute Gasteiger partial charge is 0.257 e. The van der Waals surface area contributed by atoms with Gasteiger partial charge in [-0.25, -0.2) is 9.67 Å². The van der Waals surface area contributed by atoms with Crippen molar-refractivity contribution < 1.29 is 4.79 Å². The fourth-order valence-corrected chi connectivity index (χ4v) is 2.24. The van der Waals surface area contributed by atoms with Crippen molar-refractivity contribution in [3.63, 3.8) is 0 Å². The van der Waals surface area contributed by atoms with Crippen LogP contribution >= 0.6 is 0 Å². The van der Waals surface area contributed by atoms with Gasteiger partial charge in [0.1, 0.15) is 0 Å². The molecular weight excluding hydrogens is 288 g/mol. The summed E-state index contributed by atoms with van der Waals surface area (Å²) >= 11 is 0. The van der Waals surface area contributed by atoms with E-state index in [1.165, 1.54) is 5.56 Å². The van der Waals surface area contributed by atoms with Crippen LogP contribution in [0.2, 0.25) is 0 Å². The number of hydrogen-bond donors (Lipinski definition) is 1. The molecule has 5 nitrogen and oxygen atoms in total. The Hall–Kier alpha value is -2.95. The zero-order chi connectivity index (χ0) is 16.2. The van der Waals surface area contributed by atoms with Crippen LogP contribution in [0.5, 0.6) is 0 Å². The van der Waals surface area contributed by atoms with Crippen molar-refractivity contribution in [1.29, 1.82) is 0 Å². The van der Waals surface area contributed by atoms with Crippen molar-refractivity contribution >= 4 is 11.6 Å². The summed E-state index contributed by atoms with van der Waals surface area (Å²) in [7, 11) is 0. The Morgan fingerprint density at radius 2 is 2.04 bits per heavy atom. The van der Waals surface area contributed by atoms with E-state index in [2.05, 4.69) is 35.3 Å². The summed E-state index contributed by atoms with van der Waals surface area (Å²) in [5.41, 5.74) is 2.49. The lowest BCUT2D eigenvalue weighted by Crippen LogP contribution is -2.13. The minimum atomic E-state index is -0.176. The van der Waals surface area contributed by atoms with Gasteiger partial charge < -0.3 is 5.32 Å². The Balaban J connectivity index is 1.74. The predicted octanol–water partition coefficient (Wildman–Crippen LogP) is 3.64. The Morgan fingerprint density at radius 1 is 1.17 bits per heavy atom. The summed E-state index contributed by atoms with van der Waals surface area (Å²) < 4.78 is 1.65. The van der Waals surface area contributed by atoms with Gasteiger partial charge in [0.15, 0.2) is 5.82 Å². The molecule has 23 heavy (non-hydrogen) atoms. The molecule has 3 aromatic rings. The third-order valence-corrected chi connectivity index (χ3v) is 3.56. The van der Waals surface area contributed by atoms with E-state index in [1.807, 2.05) is 24.3 Å². The van der Waals surface area contributed by atoms with Crippen LogP contribution in [0.15, 0.2) is 61.1 Å². The highest BCUT2D eigenvalue weighted by Gasteiger charge is 2.08. The molecule has 0 saturated carbocycles. The molecule has 0 atom stereocenters. The van der Waals surface area contributed by atoms with E-state index in [-0.39, 0.29) is 5.91 Å². The molecule has 3 rings (SSSR count). The maximum Gasteiger partial charge on any atom is 0.257 e. The fourth-order valence-electron chi connectivity index (χ4n) is 2.24. The quantitative estimate of drug-likeness (QED) is 0.800. The van der Waals surface area contributed by atoms with Gasteiger partial charge in [0.2, 0.25) is 0 Å². The number of nitrogens with one attached hydrogen (secondary N) is 1. The van der Waals surface area contributed by atoms with E-state index in [4.69, 9.17) is 0 Å². The largest absolute Gasteiger partial charge is 0.322 e. The Bertz CT molecular complexity index is 792. The van der Waals surface area contributed by atoms with E-state index in [0.717, 1.165) is 5.69 Å². The van der Waals surface area contributed by atoms with Crippen LogP contribution in [0.1, 0.15) is 35.7 Å². The van der Waals surface area contributed by atoms with Crippen molar-refractivity contribution in [1.82, 2.24) is 14.8 Å². The number of carbonyl (C=O) groups excluding carboxylic acids is 1. The molecule has 116 valence electrons. The molecule has 0 aliphatic heterocycles. The second kappa shape index (κ2) is 6.44. The average Bonchev–Trinajstić information content (AvgIpc) is 3.09. The van der Waals surface area contributed by atoms with E-state index in [1.54, 1.807) is 35.4 Å². The molecule has 0 saturated heterocycles. The topological polar surface area (TPSA) is 59.8 Å². The van der Waals surface area contributed by atoms with Gasteiger partial charge in [0.05, 0.1) is 5.56 Å². The summed E-state index contributed by atoms with van der Waals surface area (Å²) in [4.78, 5) is 16.6. The third-order valence-electron chi connectivity index (χ3n) is 3.56. The first kappa shape index (κ1) is 15.0. The summed E-state index contributed by atoms with van der Waals surface area (Å²) in [6.07, 6.45) is 5.04. The molecule has 5 heteroatoms. The van der Waals surface area contributed by atoms with Crippen molar-refractivity contribution in [3.8, 4) is 5.82 Å². The van der Waals surface area contributed by atoms with Crippen LogP contribution in [0.25, 0.3) is 5.82 Å². The highest BCUT2D eigenvalue weighted by molar-refractivity contribution is 6.04. The SMILES string of the molecule is CC(C)c1cccc(NC(=O)c2ccc(-n3cccn3)nc2)c1. The van der Waals surface area contributed by atoms with E-state index < -0.39 is 0 Å². The van der Waals surface area contributed by atoms with Gasteiger partial charge in [-0.05, 0) is 41.8 Å². The van der Waals surface area contributed by atoms with Gasteiger partial charge >= 0.3 is 0 Å². The number of pyridine rings is 1. The van der Waals surface area contributed by atoms with Crippen LogP contribution in [0.3, 0.4) is 0 Å². The molecule has 1 aromatic carbocycles. The monoisotopic (exact) mass is 306 g/mol. The number of carbonyl (C=O) groups is 1. The molecule has 0 spiro atoms. The minimum absolute atomic E-state index is 0.176. The summed E-state index contributed by atoms with van der Waals surface area (Å²) in [5, 5.41) is 7.01. The molecule has 0 fully saturated rings. The zero-order valence-corrected chi connectivity index (χ0v) is 13.1. The van der Waals surface area contributed by atoms with Crippen LogP contribution in [-0.2, 0) is 0 Å². The van der Waals surface area contributed by atoms with Crippen LogP contribution in [0.4, 0.5) is 5.69 Å². The summed E-state index contributed by atoms with van der Waals surface area (Å²) in [6.45, 7) is 4.25. The molecule has 0 aliphatic carbocycles. The van der Waals surface area contributed by atoms with Crippen molar-refractivity contribution in [2.45, 2.75) is 19.8 Å². The second-order valence-electron chi connectivity index (χ2n) is 5.59. The lowest BCUT2D eigenvalue weighted by atomic mass is 10.0. The molecule has 1 amide bonds. The van der Waals surface area contributed by atoms with Crippen molar-refractivity contribution in [2.24, 2.45) is 0 Å². The Labute approximate surface area is 135 Å². The molecular formula is C18H18N4O. The summed E-state index contributed by atoms with van der Waals surface area (Å²) in [5.74, 6) is 0.917. The first-order valence-corrected chi connectivity index (χ1v) is 7.51. The maximum absolute atomic E-state index is 12.3. The van der Waals surface area contributed by atoms with Gasteiger partial charge in [0.25, 0.3) is 5.91 Å². The lowest BCUT2D eigenvalue weighted by Gasteiger charge is -2.09. The second-order valence-corrected chi connectivity index (χ2v) is 5.59. The number of rotatable bonds is 4. The number of aromatic nitrogens is 3. The fraction of sp³-hybridized carbons (Fsp3) is 0.167. The lowest BCUT2D eigenvalue weighted by molar-refractivity contribution is 0.102. The predicted molar refractivity (Wildman–Crippen MR) is 89.8 cm³/mol. The third kappa shape index (κ3) is 3.45. The number of nitrogens with zero attached hydrogens (tertiary/aromatic N) is 3. The van der Waals surface area contributed by atoms with Gasteiger partial charge in [-0.3, -0.25) is 4.79 Å². The summed E-state index contributed by atoms with van der Waals surface area (Å²) in [6, 6.07) is 13.2. The number of anilines is 1. The van der Waals surface area contributed by atoms with Crippen LogP contribution in [0, 0.1) is 0 Å². The minimum Gasteiger partial charge on any atom is -0.322 e. The average molecular weight is 306 g/mol. The van der Waals surface area contributed by atoms with Crippen molar-refractivity contribution in [3.05, 3.63) is 72.2 Å². The highest BCUT2D eigenvalue weighted by atomic mass is 16.1. The molecule has 2 heterocycles. The van der Waals surface area contributed by atoms with Crippen molar-refractivity contribution in [2.75, 3.05) is 5.32 Å². The van der Waals surface area contributed by atoms with Crippen LogP contribution in [-0.4, -0.2) is 20.7 Å². The molecule has 0 bridgehead atoms. The first-order chi connectivity index (χ1) is 11.1. The normalized spacial score (nSPS) is 10.7. The zero-order valence-electron chi connectivity index (χ0n) is 13.1. The maximum atomic E-state index is 12.3.